The third-order valence-corrected chi connectivity index (χ3v) is 4.19. The molecular weight excluding hydrogens is 262 g/mol. The summed E-state index contributed by atoms with van der Waals surface area (Å²) >= 11 is 0. The normalized spacial score (nSPS) is 18.9. The quantitative estimate of drug-likeness (QED) is 0.873. The van der Waals surface area contributed by atoms with Crippen LogP contribution in [0.3, 0.4) is 0 Å². The van der Waals surface area contributed by atoms with E-state index in [9.17, 15) is 0 Å². The molecule has 4 heteroatoms. The second kappa shape index (κ2) is 7.44. The second-order valence-corrected chi connectivity index (χ2v) is 6.02. The smallest absolute Gasteiger partial charge is 0.136 e. The van der Waals surface area contributed by atoms with Crippen molar-refractivity contribution in [2.24, 2.45) is 5.92 Å². The molecule has 1 aromatic rings. The molecule has 1 aliphatic heterocycles. The Balaban J connectivity index is 1.80. The average molecular weight is 287 g/mol. The summed E-state index contributed by atoms with van der Waals surface area (Å²) < 4.78 is 5.16. The monoisotopic (exact) mass is 287 g/mol. The zero-order valence-electron chi connectivity index (χ0n) is 13.2. The minimum absolute atomic E-state index is 0.601. The first-order chi connectivity index (χ1) is 10.1. The summed E-state index contributed by atoms with van der Waals surface area (Å²) in [5, 5.41) is 12.6. The summed E-state index contributed by atoms with van der Waals surface area (Å²) in [5.41, 5.74) is 1.73. The number of hydrogen-bond donors (Lipinski definition) is 1. The number of nitriles is 1. The van der Waals surface area contributed by atoms with Crippen LogP contribution in [0.5, 0.6) is 5.75 Å². The Bertz CT molecular complexity index is 507. The van der Waals surface area contributed by atoms with E-state index >= 15 is 0 Å². The van der Waals surface area contributed by atoms with Crippen molar-refractivity contribution in [2.45, 2.75) is 32.9 Å². The van der Waals surface area contributed by atoms with Crippen LogP contribution in [0.4, 0.5) is 0 Å². The van der Waals surface area contributed by atoms with E-state index in [0.29, 0.717) is 17.4 Å². The molecule has 0 radical (unpaired) electrons. The van der Waals surface area contributed by atoms with E-state index in [1.54, 1.807) is 7.11 Å². The van der Waals surface area contributed by atoms with Gasteiger partial charge < -0.3 is 15.0 Å². The zero-order chi connectivity index (χ0) is 15.2. The predicted molar refractivity (Wildman–Crippen MR) is 84.2 cm³/mol. The maximum Gasteiger partial charge on any atom is 0.136 e. The predicted octanol–water partition coefficient (Wildman–Crippen LogP) is 2.39. The van der Waals surface area contributed by atoms with E-state index in [0.717, 1.165) is 24.6 Å². The van der Waals surface area contributed by atoms with Gasteiger partial charge in [-0.2, -0.15) is 5.26 Å². The van der Waals surface area contributed by atoms with Gasteiger partial charge in [-0.3, -0.25) is 0 Å². The maximum atomic E-state index is 9.10. The molecule has 114 valence electrons. The summed E-state index contributed by atoms with van der Waals surface area (Å²) in [5.74, 6) is 1.38. The van der Waals surface area contributed by atoms with Crippen molar-refractivity contribution < 1.29 is 4.74 Å². The third-order valence-electron chi connectivity index (χ3n) is 4.19. The summed E-state index contributed by atoms with van der Waals surface area (Å²) in [6.45, 7) is 8.77. The topological polar surface area (TPSA) is 48.3 Å². The molecule has 4 nitrogen and oxygen atoms in total. The van der Waals surface area contributed by atoms with Gasteiger partial charge in [0, 0.05) is 19.1 Å². The van der Waals surface area contributed by atoms with E-state index in [-0.39, 0.29) is 0 Å². The van der Waals surface area contributed by atoms with Crippen LogP contribution >= 0.6 is 0 Å². The molecule has 0 aromatic heterocycles. The lowest BCUT2D eigenvalue weighted by molar-refractivity contribution is 0.264. The highest BCUT2D eigenvalue weighted by Crippen LogP contribution is 2.20. The van der Waals surface area contributed by atoms with Crippen molar-refractivity contribution in [3.05, 3.63) is 29.3 Å². The molecular formula is C17H25N3O. The molecule has 1 unspecified atom stereocenters. The highest BCUT2D eigenvalue weighted by Gasteiger charge is 2.23. The molecule has 0 amide bonds. The van der Waals surface area contributed by atoms with Crippen molar-refractivity contribution in [3.8, 4) is 11.8 Å². The van der Waals surface area contributed by atoms with Gasteiger partial charge in [0.1, 0.15) is 11.8 Å². The third kappa shape index (κ3) is 4.20. The van der Waals surface area contributed by atoms with Gasteiger partial charge in [0.15, 0.2) is 0 Å². The van der Waals surface area contributed by atoms with Crippen LogP contribution in [0, 0.1) is 17.2 Å². The highest BCUT2D eigenvalue weighted by atomic mass is 16.5. The molecule has 1 fully saturated rings. The Labute approximate surface area is 127 Å². The van der Waals surface area contributed by atoms with Crippen molar-refractivity contribution in [1.29, 1.82) is 5.26 Å². The SMILES string of the molecule is COc1ccc(CNCC2CCN(C(C)C)C2)cc1C#N. The number of nitrogens with one attached hydrogen (secondary N) is 1. The van der Waals surface area contributed by atoms with Crippen LogP contribution in [0.25, 0.3) is 0 Å². The molecule has 2 rings (SSSR count). The van der Waals surface area contributed by atoms with E-state index in [1.807, 2.05) is 18.2 Å². The molecule has 1 heterocycles. The fourth-order valence-corrected chi connectivity index (χ4v) is 2.87. The van der Waals surface area contributed by atoms with Gasteiger partial charge in [-0.05, 0) is 57.0 Å². The van der Waals surface area contributed by atoms with Crippen LogP contribution in [0.15, 0.2) is 18.2 Å². The number of methoxy groups -OCH3 is 1. The van der Waals surface area contributed by atoms with E-state index < -0.39 is 0 Å². The lowest BCUT2D eigenvalue weighted by Crippen LogP contribution is -2.30. The minimum Gasteiger partial charge on any atom is -0.495 e. The van der Waals surface area contributed by atoms with Gasteiger partial charge >= 0.3 is 0 Å². The average Bonchev–Trinajstić information content (AvgIpc) is 2.96. The van der Waals surface area contributed by atoms with Gasteiger partial charge in [0.2, 0.25) is 0 Å². The Kier molecular flexibility index (Phi) is 5.60. The fourth-order valence-electron chi connectivity index (χ4n) is 2.87. The fraction of sp³-hybridized carbons (Fsp3) is 0.588. The molecule has 1 saturated heterocycles. The summed E-state index contributed by atoms with van der Waals surface area (Å²) in [7, 11) is 1.59. The van der Waals surface area contributed by atoms with Crippen molar-refractivity contribution >= 4 is 0 Å². The first kappa shape index (κ1) is 15.8. The van der Waals surface area contributed by atoms with E-state index in [4.69, 9.17) is 10.00 Å². The minimum atomic E-state index is 0.601. The lowest BCUT2D eigenvalue weighted by Gasteiger charge is -2.20. The van der Waals surface area contributed by atoms with E-state index in [2.05, 4.69) is 30.1 Å². The van der Waals surface area contributed by atoms with Gasteiger partial charge in [-0.15, -0.1) is 0 Å². The Morgan fingerprint density at radius 3 is 2.90 bits per heavy atom. The van der Waals surface area contributed by atoms with Crippen LogP contribution in [-0.4, -0.2) is 37.7 Å². The van der Waals surface area contributed by atoms with Crippen molar-refractivity contribution in [1.82, 2.24) is 10.2 Å². The van der Waals surface area contributed by atoms with Crippen LogP contribution < -0.4 is 10.1 Å². The molecule has 1 N–H and O–H groups in total. The van der Waals surface area contributed by atoms with Crippen LogP contribution in [0.1, 0.15) is 31.4 Å². The van der Waals surface area contributed by atoms with E-state index in [1.165, 1.54) is 19.5 Å². The number of hydrogen-bond acceptors (Lipinski definition) is 4. The number of benzene rings is 1. The first-order valence-electron chi connectivity index (χ1n) is 7.65. The second-order valence-electron chi connectivity index (χ2n) is 6.02. The van der Waals surface area contributed by atoms with Gasteiger partial charge in [0.05, 0.1) is 12.7 Å². The van der Waals surface area contributed by atoms with Gasteiger partial charge in [0.25, 0.3) is 0 Å². The number of likely N-dealkylation sites (tertiary alicyclic amines) is 1. The van der Waals surface area contributed by atoms with Gasteiger partial charge in [-0.25, -0.2) is 0 Å². The number of ether oxygens (including phenoxy) is 1. The molecule has 1 atom stereocenters. The molecule has 0 aliphatic carbocycles. The first-order valence-corrected chi connectivity index (χ1v) is 7.65. The highest BCUT2D eigenvalue weighted by molar-refractivity contribution is 5.45. The molecule has 0 bridgehead atoms. The standard InChI is InChI=1S/C17H25N3O/c1-13(2)20-7-6-15(12-20)11-19-10-14-4-5-17(21-3)16(8-14)9-18/h4-5,8,13,15,19H,6-7,10-12H2,1-3H3. The zero-order valence-corrected chi connectivity index (χ0v) is 13.2. The molecule has 0 spiro atoms. The van der Waals surface area contributed by atoms with Crippen LogP contribution in [0.2, 0.25) is 0 Å². The largest absolute Gasteiger partial charge is 0.495 e. The Morgan fingerprint density at radius 2 is 2.29 bits per heavy atom. The van der Waals surface area contributed by atoms with Crippen LogP contribution in [-0.2, 0) is 6.54 Å². The maximum absolute atomic E-state index is 9.10. The lowest BCUT2D eigenvalue weighted by atomic mass is 10.1. The summed E-state index contributed by atoms with van der Waals surface area (Å²) in [6.07, 6.45) is 1.28. The molecule has 0 saturated carbocycles. The van der Waals surface area contributed by atoms with Crippen molar-refractivity contribution in [3.63, 3.8) is 0 Å². The number of nitrogens with zero attached hydrogens (tertiary/aromatic N) is 2. The number of rotatable bonds is 6. The van der Waals surface area contributed by atoms with Gasteiger partial charge in [-0.1, -0.05) is 6.07 Å². The Morgan fingerprint density at radius 1 is 1.48 bits per heavy atom. The van der Waals surface area contributed by atoms with Crippen molar-refractivity contribution in [2.75, 3.05) is 26.7 Å². The molecule has 1 aromatic carbocycles. The summed E-state index contributed by atoms with van der Waals surface area (Å²) in [6, 6.07) is 8.61. The summed E-state index contributed by atoms with van der Waals surface area (Å²) in [4.78, 5) is 2.54. The Hall–Kier alpha value is -1.57. The molecule has 21 heavy (non-hydrogen) atoms. The molecule has 1 aliphatic rings.